The summed E-state index contributed by atoms with van der Waals surface area (Å²) in [5.41, 5.74) is 0.287. The summed E-state index contributed by atoms with van der Waals surface area (Å²) in [5.74, 6) is 1.51. The monoisotopic (exact) mass is 405 g/mol. The first-order valence-electron chi connectivity index (χ1n) is 9.39. The number of methoxy groups -OCH3 is 1. The van der Waals surface area contributed by atoms with E-state index in [4.69, 9.17) is 9.26 Å². The van der Waals surface area contributed by atoms with Crippen molar-refractivity contribution in [1.29, 1.82) is 0 Å². The van der Waals surface area contributed by atoms with Crippen molar-refractivity contribution in [3.63, 3.8) is 0 Å². The van der Waals surface area contributed by atoms with E-state index >= 15 is 0 Å². The van der Waals surface area contributed by atoms with Crippen LogP contribution in [0.2, 0.25) is 0 Å². The molecule has 2 heterocycles. The first-order valence-corrected chi connectivity index (χ1v) is 10.8. The van der Waals surface area contributed by atoms with Gasteiger partial charge >= 0.3 is 0 Å². The number of ether oxygens (including phenoxy) is 1. The third-order valence-corrected chi connectivity index (χ3v) is 7.14. The summed E-state index contributed by atoms with van der Waals surface area (Å²) in [7, 11) is -2.02. The maximum Gasteiger partial charge on any atom is 0.273 e. The second-order valence-electron chi connectivity index (χ2n) is 7.22. The number of hydrogen-bond acceptors (Lipinski definition) is 6. The van der Waals surface area contributed by atoms with Crippen LogP contribution in [0.25, 0.3) is 0 Å². The van der Waals surface area contributed by atoms with E-state index < -0.39 is 10.0 Å². The Kier molecular flexibility index (Phi) is 5.11. The Morgan fingerprint density at radius 1 is 1.18 bits per heavy atom. The molecule has 4 rings (SSSR count). The number of amides is 1. The molecule has 2 fully saturated rings. The Hall–Kier alpha value is -2.39. The Morgan fingerprint density at radius 3 is 2.46 bits per heavy atom. The summed E-state index contributed by atoms with van der Waals surface area (Å²) < 4.78 is 37.3. The van der Waals surface area contributed by atoms with Gasteiger partial charge in [-0.05, 0) is 49.9 Å². The zero-order valence-corrected chi connectivity index (χ0v) is 16.4. The second kappa shape index (κ2) is 7.56. The van der Waals surface area contributed by atoms with Crippen LogP contribution in [-0.4, -0.2) is 50.0 Å². The lowest BCUT2D eigenvalue weighted by atomic mass is 10.1. The number of carbonyl (C=O) groups is 1. The molecule has 9 heteroatoms. The number of nitrogens with zero attached hydrogens (tertiary/aromatic N) is 2. The van der Waals surface area contributed by atoms with E-state index in [0.29, 0.717) is 37.6 Å². The number of benzene rings is 1. The Bertz CT molecular complexity index is 942. The minimum atomic E-state index is -3.55. The fourth-order valence-corrected chi connectivity index (χ4v) is 4.82. The molecular weight excluding hydrogens is 382 g/mol. The molecule has 2 aromatic rings. The van der Waals surface area contributed by atoms with Gasteiger partial charge in [-0.25, -0.2) is 8.42 Å². The standard InChI is InChI=1S/C19H23N3O5S/c1-26-15-4-6-16(7-5-15)28(24,25)22-10-8-14(9-11-22)20-19(23)17-12-18(27-21-17)13-2-3-13/h4-7,12-14H,2-3,8-11H2,1H3,(H,20,23). The van der Waals surface area contributed by atoms with E-state index in [9.17, 15) is 13.2 Å². The second-order valence-corrected chi connectivity index (χ2v) is 9.15. The number of carbonyl (C=O) groups excluding carboxylic acids is 1. The largest absolute Gasteiger partial charge is 0.497 e. The van der Waals surface area contributed by atoms with E-state index in [0.717, 1.165) is 18.6 Å². The van der Waals surface area contributed by atoms with Gasteiger partial charge in [0.1, 0.15) is 11.5 Å². The van der Waals surface area contributed by atoms with Crippen LogP contribution in [0, 0.1) is 0 Å². The van der Waals surface area contributed by atoms with Crippen molar-refractivity contribution in [2.75, 3.05) is 20.2 Å². The average Bonchev–Trinajstić information content (AvgIpc) is 3.45. The molecule has 0 bridgehead atoms. The summed E-state index contributed by atoms with van der Waals surface area (Å²) >= 11 is 0. The van der Waals surface area contributed by atoms with E-state index in [1.54, 1.807) is 30.3 Å². The molecule has 28 heavy (non-hydrogen) atoms. The molecule has 0 atom stereocenters. The predicted octanol–water partition coefficient (Wildman–Crippen LogP) is 2.14. The molecule has 0 radical (unpaired) electrons. The van der Waals surface area contributed by atoms with Gasteiger partial charge in [0, 0.05) is 31.1 Å². The SMILES string of the molecule is COc1ccc(S(=O)(=O)N2CCC(NC(=O)c3cc(C4CC4)on3)CC2)cc1. The summed E-state index contributed by atoms with van der Waals surface area (Å²) in [6.07, 6.45) is 3.26. The minimum absolute atomic E-state index is 0.0871. The van der Waals surface area contributed by atoms with Crippen molar-refractivity contribution in [3.05, 3.63) is 41.8 Å². The predicted molar refractivity (Wildman–Crippen MR) is 101 cm³/mol. The molecule has 1 aliphatic heterocycles. The molecule has 8 nitrogen and oxygen atoms in total. The lowest BCUT2D eigenvalue weighted by Gasteiger charge is -2.31. The third kappa shape index (κ3) is 3.90. The van der Waals surface area contributed by atoms with Gasteiger partial charge in [0.2, 0.25) is 10.0 Å². The lowest BCUT2D eigenvalue weighted by molar-refractivity contribution is 0.0914. The van der Waals surface area contributed by atoms with Crippen LogP contribution in [0.15, 0.2) is 39.8 Å². The van der Waals surface area contributed by atoms with Crippen LogP contribution >= 0.6 is 0 Å². The summed E-state index contributed by atoms with van der Waals surface area (Å²) in [6.45, 7) is 0.705. The normalized spacial score (nSPS) is 18.8. The number of piperidine rings is 1. The number of rotatable bonds is 6. The molecule has 0 unspecified atom stereocenters. The van der Waals surface area contributed by atoms with Crippen LogP contribution in [0.1, 0.15) is 47.8 Å². The molecule has 1 aliphatic carbocycles. The van der Waals surface area contributed by atoms with E-state index in [2.05, 4.69) is 10.5 Å². The fraction of sp³-hybridized carbons (Fsp3) is 0.474. The molecule has 1 saturated heterocycles. The Morgan fingerprint density at radius 2 is 1.86 bits per heavy atom. The molecule has 1 aromatic carbocycles. The molecule has 1 N–H and O–H groups in total. The zero-order chi connectivity index (χ0) is 19.7. The van der Waals surface area contributed by atoms with E-state index in [1.807, 2.05) is 0 Å². The van der Waals surface area contributed by atoms with Crippen LogP contribution in [-0.2, 0) is 10.0 Å². The summed E-state index contributed by atoms with van der Waals surface area (Å²) in [5, 5.41) is 6.78. The zero-order valence-electron chi connectivity index (χ0n) is 15.6. The average molecular weight is 405 g/mol. The third-order valence-electron chi connectivity index (χ3n) is 5.23. The van der Waals surface area contributed by atoms with E-state index in [1.165, 1.54) is 11.4 Å². The smallest absolute Gasteiger partial charge is 0.273 e. The van der Waals surface area contributed by atoms with Gasteiger partial charge in [-0.15, -0.1) is 0 Å². The number of sulfonamides is 1. The van der Waals surface area contributed by atoms with Gasteiger partial charge in [-0.1, -0.05) is 5.16 Å². The molecular formula is C19H23N3O5S. The Balaban J connectivity index is 1.33. The molecule has 1 aromatic heterocycles. The summed E-state index contributed by atoms with van der Waals surface area (Å²) in [6, 6.07) is 7.97. The first kappa shape index (κ1) is 18.9. The molecule has 150 valence electrons. The van der Waals surface area contributed by atoms with Crippen LogP contribution < -0.4 is 10.1 Å². The van der Waals surface area contributed by atoms with E-state index in [-0.39, 0.29) is 22.5 Å². The maximum atomic E-state index is 12.8. The van der Waals surface area contributed by atoms with Gasteiger partial charge < -0.3 is 14.6 Å². The maximum absolute atomic E-state index is 12.8. The topological polar surface area (TPSA) is 102 Å². The highest BCUT2D eigenvalue weighted by atomic mass is 32.2. The van der Waals surface area contributed by atoms with Gasteiger partial charge in [0.25, 0.3) is 5.91 Å². The molecule has 1 saturated carbocycles. The van der Waals surface area contributed by atoms with Crippen molar-refractivity contribution < 1.29 is 22.5 Å². The highest BCUT2D eigenvalue weighted by Crippen LogP contribution is 2.40. The highest BCUT2D eigenvalue weighted by Gasteiger charge is 2.32. The van der Waals surface area contributed by atoms with Crippen LogP contribution in [0.4, 0.5) is 0 Å². The number of nitrogens with one attached hydrogen (secondary N) is 1. The number of hydrogen-bond donors (Lipinski definition) is 1. The fourth-order valence-electron chi connectivity index (χ4n) is 3.35. The van der Waals surface area contributed by atoms with Crippen LogP contribution in [0.5, 0.6) is 5.75 Å². The molecule has 0 spiro atoms. The highest BCUT2D eigenvalue weighted by molar-refractivity contribution is 7.89. The number of aromatic nitrogens is 1. The molecule has 2 aliphatic rings. The quantitative estimate of drug-likeness (QED) is 0.790. The molecule has 1 amide bonds. The van der Waals surface area contributed by atoms with Crippen LogP contribution in [0.3, 0.4) is 0 Å². The van der Waals surface area contributed by atoms with Crippen molar-refractivity contribution in [2.45, 2.75) is 42.5 Å². The summed E-state index contributed by atoms with van der Waals surface area (Å²) in [4.78, 5) is 12.6. The van der Waals surface area contributed by atoms with Gasteiger partial charge in [0.05, 0.1) is 12.0 Å². The van der Waals surface area contributed by atoms with Crippen molar-refractivity contribution in [2.24, 2.45) is 0 Å². The lowest BCUT2D eigenvalue weighted by Crippen LogP contribution is -2.46. The van der Waals surface area contributed by atoms with Gasteiger partial charge in [-0.2, -0.15) is 4.31 Å². The Labute approximate surface area is 163 Å². The first-order chi connectivity index (χ1) is 13.5. The van der Waals surface area contributed by atoms with Gasteiger partial charge in [-0.3, -0.25) is 4.79 Å². The van der Waals surface area contributed by atoms with Crippen molar-refractivity contribution in [3.8, 4) is 5.75 Å². The van der Waals surface area contributed by atoms with Crippen molar-refractivity contribution in [1.82, 2.24) is 14.8 Å². The minimum Gasteiger partial charge on any atom is -0.497 e. The van der Waals surface area contributed by atoms with Crippen molar-refractivity contribution >= 4 is 15.9 Å². The van der Waals surface area contributed by atoms with Gasteiger partial charge in [0.15, 0.2) is 5.69 Å².